The predicted molar refractivity (Wildman–Crippen MR) is 72.5 cm³/mol. The number of ether oxygens (including phenoxy) is 1. The number of carbonyl (C=O) groups excluding carboxylic acids is 1. The average molecular weight is 318 g/mol. The fraction of sp³-hybridized carbons (Fsp3) is 0.583. The molecule has 0 radical (unpaired) electrons. The van der Waals surface area contributed by atoms with Crippen molar-refractivity contribution in [2.75, 3.05) is 7.11 Å². The largest absolute Gasteiger partial charge is 0.376 e. The number of carbonyl (C=O) groups is 1. The molecule has 0 spiro atoms. The Hall–Kier alpha value is -0.390. The van der Waals surface area contributed by atoms with Gasteiger partial charge in [0.15, 0.2) is 0 Å². The van der Waals surface area contributed by atoms with E-state index in [0.29, 0.717) is 0 Å². The van der Waals surface area contributed by atoms with Gasteiger partial charge in [0, 0.05) is 17.0 Å². The summed E-state index contributed by atoms with van der Waals surface area (Å²) in [7, 11) is 1.73. The van der Waals surface area contributed by atoms with Crippen LogP contribution in [0.4, 0.5) is 0 Å². The number of halogens is 1. The third-order valence-corrected chi connectivity index (χ3v) is 5.22. The van der Waals surface area contributed by atoms with Gasteiger partial charge >= 0.3 is 0 Å². The van der Waals surface area contributed by atoms with Crippen molar-refractivity contribution in [2.24, 2.45) is 0 Å². The van der Waals surface area contributed by atoms with E-state index in [1.807, 2.05) is 18.4 Å². The van der Waals surface area contributed by atoms with E-state index in [9.17, 15) is 4.79 Å². The van der Waals surface area contributed by atoms with Crippen LogP contribution < -0.4 is 5.32 Å². The highest BCUT2D eigenvalue weighted by molar-refractivity contribution is 9.10. The summed E-state index contributed by atoms with van der Waals surface area (Å²) >= 11 is 4.79. The smallest absolute Gasteiger partial charge is 0.261 e. The monoisotopic (exact) mass is 317 g/mol. The van der Waals surface area contributed by atoms with Crippen LogP contribution in [-0.4, -0.2) is 24.7 Å². The Morgan fingerprint density at radius 3 is 2.76 bits per heavy atom. The van der Waals surface area contributed by atoms with Crippen LogP contribution in [0.25, 0.3) is 0 Å². The van der Waals surface area contributed by atoms with Crippen molar-refractivity contribution >= 4 is 33.2 Å². The van der Waals surface area contributed by atoms with Crippen molar-refractivity contribution in [3.05, 3.63) is 20.8 Å². The van der Waals surface area contributed by atoms with E-state index in [1.165, 1.54) is 17.8 Å². The molecule has 1 aliphatic carbocycles. The zero-order valence-corrected chi connectivity index (χ0v) is 12.4. The molecular weight excluding hydrogens is 302 g/mol. The molecule has 3 nitrogen and oxygen atoms in total. The number of methoxy groups -OCH3 is 1. The quantitative estimate of drug-likeness (QED) is 0.926. The Labute approximate surface area is 114 Å². The van der Waals surface area contributed by atoms with Crippen LogP contribution in [0.5, 0.6) is 0 Å². The summed E-state index contributed by atoms with van der Waals surface area (Å²) in [6.07, 6.45) is 3.23. The third kappa shape index (κ3) is 2.56. The number of rotatable bonds is 4. The number of thiophene rings is 1. The van der Waals surface area contributed by atoms with Crippen molar-refractivity contribution in [2.45, 2.75) is 37.8 Å². The van der Waals surface area contributed by atoms with Crippen molar-refractivity contribution in [1.29, 1.82) is 0 Å². The van der Waals surface area contributed by atoms with Gasteiger partial charge in [-0.3, -0.25) is 4.79 Å². The molecule has 0 aromatic carbocycles. The minimum absolute atomic E-state index is 0.0171. The molecule has 0 bridgehead atoms. The summed E-state index contributed by atoms with van der Waals surface area (Å²) in [5.41, 5.74) is -0.149. The summed E-state index contributed by atoms with van der Waals surface area (Å²) in [6, 6.07) is 1.89. The zero-order chi connectivity index (χ0) is 12.5. The molecule has 1 aliphatic rings. The topological polar surface area (TPSA) is 38.3 Å². The van der Waals surface area contributed by atoms with Gasteiger partial charge in [-0.05, 0) is 48.2 Å². The predicted octanol–water partition coefficient (Wildman–Crippen LogP) is 3.20. The van der Waals surface area contributed by atoms with Gasteiger partial charge in [0.05, 0.1) is 16.5 Å². The molecule has 94 valence electrons. The van der Waals surface area contributed by atoms with E-state index in [4.69, 9.17) is 4.74 Å². The lowest BCUT2D eigenvalue weighted by Crippen LogP contribution is -2.56. The Bertz CT molecular complexity index is 409. The summed E-state index contributed by atoms with van der Waals surface area (Å²) in [5.74, 6) is -0.0171. The molecule has 1 N–H and O–H groups in total. The summed E-state index contributed by atoms with van der Waals surface area (Å²) < 4.78 is 6.51. The summed E-state index contributed by atoms with van der Waals surface area (Å²) in [6.45, 7) is 2.02. The molecule has 1 aromatic rings. The number of amides is 1. The lowest BCUT2D eigenvalue weighted by molar-refractivity contribution is -0.0919. The van der Waals surface area contributed by atoms with Crippen LogP contribution in [0.15, 0.2) is 15.9 Å². The van der Waals surface area contributed by atoms with Crippen molar-refractivity contribution in [3.8, 4) is 0 Å². The number of nitrogens with one attached hydrogen (secondary N) is 1. The fourth-order valence-electron chi connectivity index (χ4n) is 2.17. The highest BCUT2D eigenvalue weighted by Gasteiger charge is 2.42. The maximum absolute atomic E-state index is 12.0. The zero-order valence-electron chi connectivity index (χ0n) is 9.96. The van der Waals surface area contributed by atoms with Crippen LogP contribution >= 0.6 is 27.3 Å². The molecule has 1 heterocycles. The van der Waals surface area contributed by atoms with Gasteiger partial charge in [-0.15, -0.1) is 11.3 Å². The molecule has 1 unspecified atom stereocenters. The molecule has 1 fully saturated rings. The minimum Gasteiger partial charge on any atom is -0.376 e. The lowest BCUT2D eigenvalue weighted by atomic mass is 9.75. The molecule has 2 rings (SSSR count). The average Bonchev–Trinajstić information content (AvgIpc) is 2.64. The Balaban J connectivity index is 1.99. The Morgan fingerprint density at radius 1 is 1.65 bits per heavy atom. The molecule has 1 saturated carbocycles. The highest BCUT2D eigenvalue weighted by Crippen LogP contribution is 2.38. The van der Waals surface area contributed by atoms with E-state index in [1.54, 1.807) is 7.11 Å². The van der Waals surface area contributed by atoms with Crippen LogP contribution in [-0.2, 0) is 4.74 Å². The van der Waals surface area contributed by atoms with Crippen molar-refractivity contribution < 1.29 is 9.53 Å². The lowest BCUT2D eigenvalue weighted by Gasteiger charge is -2.45. The summed E-state index contributed by atoms with van der Waals surface area (Å²) in [4.78, 5) is 12.7. The van der Waals surface area contributed by atoms with Crippen molar-refractivity contribution in [3.63, 3.8) is 0 Å². The molecule has 1 atom stereocenters. The van der Waals surface area contributed by atoms with Gasteiger partial charge in [-0.1, -0.05) is 0 Å². The third-order valence-electron chi connectivity index (χ3n) is 3.53. The first-order valence-electron chi connectivity index (χ1n) is 5.67. The maximum Gasteiger partial charge on any atom is 0.261 e. The molecule has 1 aromatic heterocycles. The van der Waals surface area contributed by atoms with Gasteiger partial charge in [-0.25, -0.2) is 0 Å². The van der Waals surface area contributed by atoms with E-state index in [-0.39, 0.29) is 17.6 Å². The van der Waals surface area contributed by atoms with Gasteiger partial charge in [0.25, 0.3) is 5.91 Å². The molecule has 0 aliphatic heterocycles. The normalized spacial score (nSPS) is 19.5. The standard InChI is InChI=1S/C12H16BrNO2S/c1-8(12(16-2)4-3-5-12)14-11(15)10-6-9(13)7-17-10/h6-8H,3-5H2,1-2H3,(H,14,15). The Kier molecular flexibility index (Phi) is 3.90. The van der Waals surface area contributed by atoms with Gasteiger partial charge in [0.2, 0.25) is 0 Å². The maximum atomic E-state index is 12.0. The van der Waals surface area contributed by atoms with E-state index >= 15 is 0 Å². The van der Waals surface area contributed by atoms with Gasteiger partial charge in [0.1, 0.15) is 0 Å². The van der Waals surface area contributed by atoms with Gasteiger partial charge < -0.3 is 10.1 Å². The van der Waals surface area contributed by atoms with Crippen LogP contribution in [0, 0.1) is 0 Å². The second-order valence-electron chi connectivity index (χ2n) is 4.45. The fourth-order valence-corrected chi connectivity index (χ4v) is 3.50. The van der Waals surface area contributed by atoms with E-state index in [2.05, 4.69) is 21.2 Å². The molecule has 17 heavy (non-hydrogen) atoms. The second kappa shape index (κ2) is 5.08. The first-order chi connectivity index (χ1) is 8.07. The molecule has 5 heteroatoms. The summed E-state index contributed by atoms with van der Waals surface area (Å²) in [5, 5.41) is 4.94. The SMILES string of the molecule is COC1(C(C)NC(=O)c2cc(Br)cs2)CCC1. The van der Waals surface area contributed by atoms with Crippen molar-refractivity contribution in [1.82, 2.24) is 5.32 Å². The first kappa shape index (κ1) is 13.1. The van der Waals surface area contributed by atoms with Crippen LogP contribution in [0.1, 0.15) is 35.9 Å². The second-order valence-corrected chi connectivity index (χ2v) is 6.27. The first-order valence-corrected chi connectivity index (χ1v) is 7.35. The van der Waals surface area contributed by atoms with E-state index < -0.39 is 0 Å². The minimum atomic E-state index is -0.149. The molecule has 0 saturated heterocycles. The van der Waals surface area contributed by atoms with Crippen LogP contribution in [0.3, 0.4) is 0 Å². The van der Waals surface area contributed by atoms with Crippen LogP contribution in [0.2, 0.25) is 0 Å². The number of hydrogen-bond donors (Lipinski definition) is 1. The Morgan fingerprint density at radius 2 is 2.35 bits per heavy atom. The van der Waals surface area contributed by atoms with Gasteiger partial charge in [-0.2, -0.15) is 0 Å². The van der Waals surface area contributed by atoms with E-state index in [0.717, 1.165) is 22.2 Å². The highest BCUT2D eigenvalue weighted by atomic mass is 79.9. The molecule has 1 amide bonds. The molecular formula is C12H16BrNO2S. The number of hydrogen-bond acceptors (Lipinski definition) is 3.